The van der Waals surface area contributed by atoms with Gasteiger partial charge in [0.25, 0.3) is 0 Å². The molecule has 0 bridgehead atoms. The van der Waals surface area contributed by atoms with Crippen LogP contribution in [0.3, 0.4) is 0 Å². The van der Waals surface area contributed by atoms with Crippen LogP contribution in [0.5, 0.6) is 5.75 Å². The highest BCUT2D eigenvalue weighted by molar-refractivity contribution is 5.97. The topological polar surface area (TPSA) is 40.5 Å². The lowest BCUT2D eigenvalue weighted by atomic mass is 9.88. The Morgan fingerprint density at radius 1 is 1.40 bits per heavy atom. The van der Waals surface area contributed by atoms with Crippen molar-refractivity contribution in [3.05, 3.63) is 29.1 Å². The van der Waals surface area contributed by atoms with Crippen molar-refractivity contribution in [2.75, 3.05) is 13.1 Å². The van der Waals surface area contributed by atoms with Gasteiger partial charge in [0.2, 0.25) is 0 Å². The lowest BCUT2D eigenvalue weighted by Gasteiger charge is -2.35. The van der Waals surface area contributed by atoms with Crippen molar-refractivity contribution in [3.63, 3.8) is 0 Å². The Bertz CT molecular complexity index is 515. The number of piperidine rings is 1. The summed E-state index contributed by atoms with van der Waals surface area (Å²) >= 11 is 0. The number of rotatable bonds is 3. The van der Waals surface area contributed by atoms with E-state index < -0.39 is 5.82 Å². The van der Waals surface area contributed by atoms with Crippen LogP contribution in [0, 0.1) is 17.7 Å². The minimum atomic E-state index is -0.471. The molecule has 2 unspecified atom stereocenters. The molecule has 0 amide bonds. The molecule has 4 heteroatoms. The van der Waals surface area contributed by atoms with Crippen molar-refractivity contribution in [2.45, 2.75) is 33.7 Å². The maximum Gasteiger partial charge on any atom is 0.163 e. The molecule has 1 heterocycles. The Labute approximate surface area is 119 Å². The zero-order chi connectivity index (χ0) is 14.9. The monoisotopic (exact) mass is 279 g/mol. The quantitative estimate of drug-likeness (QED) is 0.864. The number of likely N-dealkylation sites (tertiary alicyclic amines) is 1. The molecule has 2 atom stereocenters. The van der Waals surface area contributed by atoms with E-state index in [9.17, 15) is 14.3 Å². The number of carbonyl (C=O) groups excluding carboxylic acids is 1. The Kier molecular flexibility index (Phi) is 4.43. The molecule has 0 aromatic heterocycles. The fourth-order valence-corrected chi connectivity index (χ4v) is 2.78. The average Bonchev–Trinajstić information content (AvgIpc) is 2.37. The van der Waals surface area contributed by atoms with Gasteiger partial charge in [-0.1, -0.05) is 13.8 Å². The van der Waals surface area contributed by atoms with E-state index in [-0.39, 0.29) is 17.1 Å². The van der Waals surface area contributed by atoms with Crippen LogP contribution < -0.4 is 0 Å². The van der Waals surface area contributed by atoms with Gasteiger partial charge in [0.1, 0.15) is 11.6 Å². The minimum absolute atomic E-state index is 0.0680. The third kappa shape index (κ3) is 3.18. The van der Waals surface area contributed by atoms with Crippen molar-refractivity contribution < 1.29 is 14.3 Å². The number of carbonyl (C=O) groups is 1. The molecule has 1 saturated heterocycles. The SMILES string of the molecule is CC(=O)c1cc(F)cc(CN2CCC(C)C(C)C2)c1O. The van der Waals surface area contributed by atoms with Gasteiger partial charge in [-0.25, -0.2) is 4.39 Å². The number of hydrogen-bond donors (Lipinski definition) is 1. The maximum absolute atomic E-state index is 13.6. The first kappa shape index (κ1) is 15.0. The Balaban J connectivity index is 2.19. The molecule has 2 rings (SSSR count). The number of phenols is 1. The summed E-state index contributed by atoms with van der Waals surface area (Å²) in [6.45, 7) is 8.16. The van der Waals surface area contributed by atoms with E-state index >= 15 is 0 Å². The highest BCUT2D eigenvalue weighted by Crippen LogP contribution is 2.29. The minimum Gasteiger partial charge on any atom is -0.507 e. The second-order valence-electron chi connectivity index (χ2n) is 6.00. The van der Waals surface area contributed by atoms with Crippen molar-refractivity contribution in [3.8, 4) is 5.75 Å². The van der Waals surface area contributed by atoms with E-state index in [2.05, 4.69) is 18.7 Å². The van der Waals surface area contributed by atoms with Gasteiger partial charge >= 0.3 is 0 Å². The van der Waals surface area contributed by atoms with Crippen LogP contribution in [0.1, 0.15) is 43.1 Å². The zero-order valence-corrected chi connectivity index (χ0v) is 12.3. The summed E-state index contributed by atoms with van der Waals surface area (Å²) in [5, 5.41) is 10.1. The zero-order valence-electron chi connectivity index (χ0n) is 12.3. The third-order valence-corrected chi connectivity index (χ3v) is 4.35. The molecule has 0 saturated carbocycles. The van der Waals surface area contributed by atoms with Crippen LogP contribution in [-0.4, -0.2) is 28.9 Å². The first-order valence-corrected chi connectivity index (χ1v) is 7.13. The summed E-state index contributed by atoms with van der Waals surface area (Å²) in [5.41, 5.74) is 0.565. The smallest absolute Gasteiger partial charge is 0.163 e. The van der Waals surface area contributed by atoms with E-state index in [1.165, 1.54) is 13.0 Å². The number of phenolic OH excluding ortho intramolecular Hbond substituents is 1. The van der Waals surface area contributed by atoms with Crippen LogP contribution in [0.25, 0.3) is 0 Å². The third-order valence-electron chi connectivity index (χ3n) is 4.35. The first-order chi connectivity index (χ1) is 9.38. The molecule has 3 nitrogen and oxygen atoms in total. The molecule has 1 aromatic rings. The van der Waals surface area contributed by atoms with Gasteiger partial charge in [0, 0.05) is 18.7 Å². The molecular formula is C16H22FNO2. The van der Waals surface area contributed by atoms with E-state index in [0.717, 1.165) is 25.6 Å². The van der Waals surface area contributed by atoms with E-state index in [1.807, 2.05) is 0 Å². The van der Waals surface area contributed by atoms with Crippen molar-refractivity contribution >= 4 is 5.78 Å². The van der Waals surface area contributed by atoms with Crippen molar-refractivity contribution in [1.29, 1.82) is 0 Å². The van der Waals surface area contributed by atoms with Gasteiger partial charge in [-0.2, -0.15) is 0 Å². The summed E-state index contributed by atoms with van der Waals surface area (Å²) in [6.07, 6.45) is 1.11. The summed E-state index contributed by atoms with van der Waals surface area (Å²) in [7, 11) is 0. The maximum atomic E-state index is 13.6. The Morgan fingerprint density at radius 3 is 2.70 bits per heavy atom. The molecule has 110 valence electrons. The normalized spacial score (nSPS) is 23.8. The number of nitrogens with zero attached hydrogens (tertiary/aromatic N) is 1. The molecule has 1 aromatic carbocycles. The lowest BCUT2D eigenvalue weighted by molar-refractivity contribution is 0.101. The highest BCUT2D eigenvalue weighted by atomic mass is 19.1. The van der Waals surface area contributed by atoms with Gasteiger partial charge < -0.3 is 5.11 Å². The molecule has 0 spiro atoms. The molecule has 0 radical (unpaired) electrons. The summed E-state index contributed by atoms with van der Waals surface area (Å²) < 4.78 is 13.6. The number of benzene rings is 1. The molecule has 0 aliphatic carbocycles. The van der Waals surface area contributed by atoms with Gasteiger partial charge in [-0.3, -0.25) is 9.69 Å². The second kappa shape index (κ2) is 5.92. The average molecular weight is 279 g/mol. The number of ketones is 1. The summed E-state index contributed by atoms with van der Waals surface area (Å²) in [4.78, 5) is 13.6. The summed E-state index contributed by atoms with van der Waals surface area (Å²) in [6, 6.07) is 2.42. The number of aromatic hydroxyl groups is 1. The van der Waals surface area contributed by atoms with Crippen LogP contribution in [-0.2, 0) is 6.54 Å². The molecule has 1 N–H and O–H groups in total. The van der Waals surface area contributed by atoms with Crippen LogP contribution in [0.4, 0.5) is 4.39 Å². The number of hydrogen-bond acceptors (Lipinski definition) is 3. The Morgan fingerprint density at radius 2 is 2.10 bits per heavy atom. The molecule has 20 heavy (non-hydrogen) atoms. The van der Waals surface area contributed by atoms with Gasteiger partial charge in [-0.05, 0) is 43.9 Å². The second-order valence-corrected chi connectivity index (χ2v) is 6.00. The number of halogens is 1. The van der Waals surface area contributed by atoms with Crippen molar-refractivity contribution in [1.82, 2.24) is 4.90 Å². The first-order valence-electron chi connectivity index (χ1n) is 7.13. The van der Waals surface area contributed by atoms with E-state index in [4.69, 9.17) is 0 Å². The van der Waals surface area contributed by atoms with Gasteiger partial charge in [-0.15, -0.1) is 0 Å². The fraction of sp³-hybridized carbons (Fsp3) is 0.562. The standard InChI is InChI=1S/C16H22FNO2/c1-10-4-5-18(8-11(10)2)9-13-6-14(17)7-15(12(3)19)16(13)20/h6-7,10-11,20H,4-5,8-9H2,1-3H3. The molecule has 1 fully saturated rings. The van der Waals surface area contributed by atoms with E-state index in [0.29, 0.717) is 23.9 Å². The van der Waals surface area contributed by atoms with Crippen LogP contribution >= 0.6 is 0 Å². The fourth-order valence-electron chi connectivity index (χ4n) is 2.78. The Hall–Kier alpha value is -1.42. The van der Waals surface area contributed by atoms with Gasteiger partial charge in [0.15, 0.2) is 5.78 Å². The molecular weight excluding hydrogens is 257 g/mol. The van der Waals surface area contributed by atoms with Crippen LogP contribution in [0.2, 0.25) is 0 Å². The number of Topliss-reactive ketones (excluding diaryl/α,β-unsaturated/α-hetero) is 1. The van der Waals surface area contributed by atoms with Crippen LogP contribution in [0.15, 0.2) is 12.1 Å². The lowest BCUT2D eigenvalue weighted by Crippen LogP contribution is -2.37. The summed E-state index contributed by atoms with van der Waals surface area (Å²) in [5.74, 6) is 0.419. The molecule has 1 aliphatic rings. The van der Waals surface area contributed by atoms with Crippen molar-refractivity contribution in [2.24, 2.45) is 11.8 Å². The highest BCUT2D eigenvalue weighted by Gasteiger charge is 2.24. The van der Waals surface area contributed by atoms with Gasteiger partial charge in [0.05, 0.1) is 5.56 Å². The predicted octanol–water partition coefficient (Wildman–Crippen LogP) is 3.21. The largest absolute Gasteiger partial charge is 0.507 e. The van der Waals surface area contributed by atoms with E-state index in [1.54, 1.807) is 0 Å². The predicted molar refractivity (Wildman–Crippen MR) is 76.3 cm³/mol. The molecule has 1 aliphatic heterocycles.